The maximum absolute atomic E-state index is 9.42. The highest BCUT2D eigenvalue weighted by atomic mass is 16.5. The van der Waals surface area contributed by atoms with Crippen molar-refractivity contribution in [1.82, 2.24) is 5.32 Å². The first-order valence-corrected chi connectivity index (χ1v) is 5.36. The van der Waals surface area contributed by atoms with E-state index in [9.17, 15) is 5.11 Å². The molecule has 0 aliphatic heterocycles. The van der Waals surface area contributed by atoms with Gasteiger partial charge in [0.2, 0.25) is 0 Å². The first-order valence-electron chi connectivity index (χ1n) is 5.36. The molecule has 0 fully saturated rings. The molecule has 0 aromatic heterocycles. The highest BCUT2D eigenvalue weighted by Crippen LogP contribution is 2.00. The minimum absolute atomic E-state index is 0.328. The van der Waals surface area contributed by atoms with Crippen LogP contribution in [0.25, 0.3) is 0 Å². The van der Waals surface area contributed by atoms with Crippen molar-refractivity contribution >= 4 is 0 Å². The molecule has 3 nitrogen and oxygen atoms in total. The molecule has 15 heavy (non-hydrogen) atoms. The Morgan fingerprint density at radius 1 is 1.33 bits per heavy atom. The maximum Gasteiger partial charge on any atom is 0.128 e. The Kier molecular flexibility index (Phi) is 6.00. The van der Waals surface area contributed by atoms with Crippen molar-refractivity contribution in [3.8, 4) is 0 Å². The van der Waals surface area contributed by atoms with E-state index in [1.165, 1.54) is 0 Å². The molecule has 0 radical (unpaired) electrons. The first kappa shape index (κ1) is 12.2. The van der Waals surface area contributed by atoms with E-state index in [0.29, 0.717) is 13.2 Å². The predicted molar refractivity (Wildman–Crippen MR) is 60.4 cm³/mol. The van der Waals surface area contributed by atoms with Gasteiger partial charge in [0.05, 0.1) is 13.2 Å². The largest absolute Gasteiger partial charge is 0.376 e. The second kappa shape index (κ2) is 7.40. The Morgan fingerprint density at radius 2 is 2.07 bits per heavy atom. The van der Waals surface area contributed by atoms with Gasteiger partial charge in [-0.05, 0) is 18.5 Å². The highest BCUT2D eigenvalue weighted by molar-refractivity contribution is 5.13. The molecule has 1 rings (SSSR count). The summed E-state index contributed by atoms with van der Waals surface area (Å²) in [5.74, 6) is 0. The average molecular weight is 209 g/mol. The molecule has 1 aromatic rings. The summed E-state index contributed by atoms with van der Waals surface area (Å²) in [6, 6.07) is 9.94. The van der Waals surface area contributed by atoms with Gasteiger partial charge >= 0.3 is 0 Å². The summed E-state index contributed by atoms with van der Waals surface area (Å²) in [4.78, 5) is 0. The Labute approximate surface area is 91.1 Å². The molecule has 2 N–H and O–H groups in total. The Balaban J connectivity index is 2.11. The van der Waals surface area contributed by atoms with E-state index in [2.05, 4.69) is 12.2 Å². The SMILES string of the molecule is CCCNC(O)COCc1ccccc1. The summed E-state index contributed by atoms with van der Waals surface area (Å²) in [5, 5.41) is 12.4. The molecule has 0 heterocycles. The standard InChI is InChI=1S/C12H19NO2/c1-2-8-13-12(14)10-15-9-11-6-4-3-5-7-11/h3-7,12-14H,2,8-10H2,1H3. The van der Waals surface area contributed by atoms with Crippen LogP contribution in [0.4, 0.5) is 0 Å². The van der Waals surface area contributed by atoms with Crippen molar-refractivity contribution in [1.29, 1.82) is 0 Å². The van der Waals surface area contributed by atoms with Gasteiger partial charge in [-0.15, -0.1) is 0 Å². The van der Waals surface area contributed by atoms with Crippen LogP contribution in [0.5, 0.6) is 0 Å². The summed E-state index contributed by atoms with van der Waals surface area (Å²) in [5.41, 5.74) is 1.13. The van der Waals surface area contributed by atoms with Gasteiger partial charge in [0.15, 0.2) is 0 Å². The fourth-order valence-electron chi connectivity index (χ4n) is 1.23. The van der Waals surface area contributed by atoms with Crippen LogP contribution in [-0.4, -0.2) is 24.5 Å². The molecular formula is C12H19NO2. The predicted octanol–water partition coefficient (Wildman–Crippen LogP) is 1.52. The summed E-state index contributed by atoms with van der Waals surface area (Å²) >= 11 is 0. The van der Waals surface area contributed by atoms with Crippen LogP contribution >= 0.6 is 0 Å². The Morgan fingerprint density at radius 3 is 2.73 bits per heavy atom. The van der Waals surface area contributed by atoms with E-state index in [1.807, 2.05) is 30.3 Å². The van der Waals surface area contributed by atoms with Crippen molar-refractivity contribution < 1.29 is 9.84 Å². The van der Waals surface area contributed by atoms with Crippen molar-refractivity contribution in [2.75, 3.05) is 13.2 Å². The van der Waals surface area contributed by atoms with Crippen LogP contribution in [0.15, 0.2) is 30.3 Å². The fourth-order valence-corrected chi connectivity index (χ4v) is 1.23. The monoisotopic (exact) mass is 209 g/mol. The number of nitrogens with one attached hydrogen (secondary N) is 1. The fraction of sp³-hybridized carbons (Fsp3) is 0.500. The third kappa shape index (κ3) is 5.52. The third-order valence-corrected chi connectivity index (χ3v) is 2.02. The zero-order chi connectivity index (χ0) is 10.9. The lowest BCUT2D eigenvalue weighted by Crippen LogP contribution is -2.33. The molecule has 0 bridgehead atoms. The lowest BCUT2D eigenvalue weighted by molar-refractivity contribution is 0.0117. The van der Waals surface area contributed by atoms with Gasteiger partial charge in [0.1, 0.15) is 6.23 Å². The minimum Gasteiger partial charge on any atom is -0.376 e. The summed E-state index contributed by atoms with van der Waals surface area (Å²) in [6.07, 6.45) is 0.448. The van der Waals surface area contributed by atoms with Gasteiger partial charge in [-0.25, -0.2) is 0 Å². The van der Waals surface area contributed by atoms with Gasteiger partial charge in [0.25, 0.3) is 0 Å². The summed E-state index contributed by atoms with van der Waals surface area (Å²) in [6.45, 7) is 3.75. The van der Waals surface area contributed by atoms with Crippen LogP contribution in [0.1, 0.15) is 18.9 Å². The van der Waals surface area contributed by atoms with Crippen LogP contribution in [-0.2, 0) is 11.3 Å². The van der Waals surface area contributed by atoms with Gasteiger partial charge in [-0.2, -0.15) is 0 Å². The van der Waals surface area contributed by atoms with E-state index in [4.69, 9.17) is 4.74 Å². The van der Waals surface area contributed by atoms with Gasteiger partial charge in [-0.1, -0.05) is 37.3 Å². The molecular weight excluding hydrogens is 190 g/mol. The van der Waals surface area contributed by atoms with Crippen molar-refractivity contribution in [3.05, 3.63) is 35.9 Å². The number of aliphatic hydroxyl groups is 1. The number of aliphatic hydroxyl groups excluding tert-OH is 1. The second-order valence-corrected chi connectivity index (χ2v) is 3.47. The molecule has 84 valence electrons. The van der Waals surface area contributed by atoms with E-state index < -0.39 is 6.23 Å². The van der Waals surface area contributed by atoms with Crippen molar-refractivity contribution in [2.45, 2.75) is 26.2 Å². The second-order valence-electron chi connectivity index (χ2n) is 3.47. The number of hydrogen-bond acceptors (Lipinski definition) is 3. The molecule has 1 atom stereocenters. The van der Waals surface area contributed by atoms with Gasteiger partial charge in [-0.3, -0.25) is 5.32 Å². The average Bonchev–Trinajstić information content (AvgIpc) is 2.28. The Hall–Kier alpha value is -0.900. The van der Waals surface area contributed by atoms with Gasteiger partial charge < -0.3 is 9.84 Å². The number of rotatable bonds is 7. The van der Waals surface area contributed by atoms with Gasteiger partial charge in [0, 0.05) is 0 Å². The molecule has 3 heteroatoms. The molecule has 0 saturated carbocycles. The normalized spacial score (nSPS) is 12.7. The van der Waals surface area contributed by atoms with Crippen molar-refractivity contribution in [3.63, 3.8) is 0 Å². The van der Waals surface area contributed by atoms with Crippen molar-refractivity contribution in [2.24, 2.45) is 0 Å². The van der Waals surface area contributed by atoms with E-state index in [1.54, 1.807) is 0 Å². The smallest absolute Gasteiger partial charge is 0.128 e. The quantitative estimate of drug-likeness (QED) is 0.669. The zero-order valence-electron chi connectivity index (χ0n) is 9.15. The van der Waals surface area contributed by atoms with Crippen LogP contribution < -0.4 is 5.32 Å². The van der Waals surface area contributed by atoms with Crippen LogP contribution in [0, 0.1) is 0 Å². The first-order chi connectivity index (χ1) is 7.33. The number of hydrogen-bond donors (Lipinski definition) is 2. The van der Waals surface area contributed by atoms with Crippen LogP contribution in [0.2, 0.25) is 0 Å². The third-order valence-electron chi connectivity index (χ3n) is 2.02. The topological polar surface area (TPSA) is 41.5 Å². The summed E-state index contributed by atoms with van der Waals surface area (Å²) in [7, 11) is 0. The lowest BCUT2D eigenvalue weighted by atomic mass is 10.2. The maximum atomic E-state index is 9.42. The zero-order valence-corrected chi connectivity index (χ0v) is 9.15. The summed E-state index contributed by atoms with van der Waals surface area (Å²) < 4.78 is 5.37. The van der Waals surface area contributed by atoms with Crippen LogP contribution in [0.3, 0.4) is 0 Å². The molecule has 0 amide bonds. The molecule has 1 aromatic carbocycles. The molecule has 0 spiro atoms. The highest BCUT2D eigenvalue weighted by Gasteiger charge is 2.01. The van der Waals surface area contributed by atoms with E-state index in [0.717, 1.165) is 18.5 Å². The van der Waals surface area contributed by atoms with E-state index >= 15 is 0 Å². The lowest BCUT2D eigenvalue weighted by Gasteiger charge is -2.12. The Bertz CT molecular complexity index is 251. The molecule has 0 aliphatic carbocycles. The molecule has 0 aliphatic rings. The molecule has 0 saturated heterocycles. The minimum atomic E-state index is -0.561. The number of ether oxygens (including phenoxy) is 1. The van der Waals surface area contributed by atoms with E-state index in [-0.39, 0.29) is 0 Å². The molecule has 1 unspecified atom stereocenters. The number of benzene rings is 1.